The molecule has 0 fully saturated rings. The van der Waals surface area contributed by atoms with Gasteiger partial charge in [-0.1, -0.05) is 32.4 Å². The van der Waals surface area contributed by atoms with Crippen molar-refractivity contribution < 1.29 is 8.42 Å². The molecular weight excluding hydrogens is 274 g/mol. The predicted octanol–water partition coefficient (Wildman–Crippen LogP) is 2.16. The molecule has 1 rings (SSSR count). The molecule has 1 heterocycles. The Balaban J connectivity index is 2.83. The van der Waals surface area contributed by atoms with Crippen LogP contribution in [-0.2, 0) is 21.0 Å². The number of nitrogens with zero attached hydrogens (tertiary/aromatic N) is 2. The van der Waals surface area contributed by atoms with E-state index in [-0.39, 0.29) is 16.9 Å². The fourth-order valence-corrected chi connectivity index (χ4v) is 2.93. The summed E-state index contributed by atoms with van der Waals surface area (Å²) >= 11 is 5.46. The first-order valence-corrected chi connectivity index (χ1v) is 7.78. The third kappa shape index (κ3) is 4.42. The highest BCUT2D eigenvalue weighted by molar-refractivity contribution is 7.90. The highest BCUT2D eigenvalue weighted by Crippen LogP contribution is 2.18. The van der Waals surface area contributed by atoms with Crippen molar-refractivity contribution in [1.82, 2.24) is 15.2 Å². The number of nitrogens with one attached hydrogen (secondary N) is 1. The predicted molar refractivity (Wildman–Crippen MR) is 72.2 cm³/mol. The van der Waals surface area contributed by atoms with Gasteiger partial charge in [-0.2, -0.15) is 5.10 Å². The fourth-order valence-electron chi connectivity index (χ4n) is 1.33. The normalized spacial score (nSPS) is 13.9. The van der Waals surface area contributed by atoms with Crippen molar-refractivity contribution in [3.63, 3.8) is 0 Å². The maximum Gasteiger partial charge on any atom is 0.161 e. The monoisotopic (exact) mass is 291 g/mol. The zero-order valence-corrected chi connectivity index (χ0v) is 12.6. The van der Waals surface area contributed by atoms with Crippen molar-refractivity contribution in [2.75, 3.05) is 5.75 Å². The van der Waals surface area contributed by atoms with Crippen LogP contribution in [0.5, 0.6) is 0 Å². The van der Waals surface area contributed by atoms with Gasteiger partial charge < -0.3 is 0 Å². The van der Waals surface area contributed by atoms with E-state index in [0.717, 1.165) is 0 Å². The molecule has 0 saturated carbocycles. The number of sulfone groups is 1. The molecule has 1 aromatic rings. The zero-order chi connectivity index (χ0) is 14.0. The second-order valence-corrected chi connectivity index (χ2v) is 7.63. The average molecular weight is 292 g/mol. The summed E-state index contributed by atoms with van der Waals surface area (Å²) in [4.78, 5) is 4.20. The molecule has 0 bridgehead atoms. The quantitative estimate of drug-likeness (QED) is 0.922. The number of aromatic nitrogens is 3. The highest BCUT2D eigenvalue weighted by Gasteiger charge is 2.21. The maximum absolute atomic E-state index is 11.8. The molecule has 1 N–H and O–H groups in total. The van der Waals surface area contributed by atoms with Gasteiger partial charge in [-0.15, -0.1) is 0 Å². The third-order valence-electron chi connectivity index (χ3n) is 2.19. The van der Waals surface area contributed by atoms with E-state index in [1.807, 2.05) is 20.8 Å². The van der Waals surface area contributed by atoms with Gasteiger partial charge in [0, 0.05) is 11.0 Å². The Labute approximate surface area is 113 Å². The van der Waals surface area contributed by atoms with E-state index in [2.05, 4.69) is 15.2 Å². The van der Waals surface area contributed by atoms with Crippen molar-refractivity contribution in [2.45, 2.75) is 38.9 Å². The van der Waals surface area contributed by atoms with Crippen LogP contribution in [-0.4, -0.2) is 29.4 Å². The summed E-state index contributed by atoms with van der Waals surface area (Å²) < 4.78 is 23.7. The first kappa shape index (κ1) is 15.2. The fraction of sp³-hybridized carbons (Fsp3) is 0.636. The van der Waals surface area contributed by atoms with Gasteiger partial charge in [0.15, 0.2) is 15.7 Å². The van der Waals surface area contributed by atoms with E-state index in [1.54, 1.807) is 6.92 Å². The Morgan fingerprint density at radius 3 is 2.50 bits per heavy atom. The van der Waals surface area contributed by atoms with Gasteiger partial charge in [0.05, 0.1) is 5.75 Å². The zero-order valence-electron chi connectivity index (χ0n) is 11.0. The molecule has 0 spiro atoms. The Morgan fingerprint density at radius 1 is 1.44 bits per heavy atom. The van der Waals surface area contributed by atoms with Crippen molar-refractivity contribution in [2.24, 2.45) is 0 Å². The van der Waals surface area contributed by atoms with Crippen LogP contribution in [0.2, 0.25) is 0 Å². The van der Waals surface area contributed by atoms with Crippen molar-refractivity contribution in [3.8, 4) is 0 Å². The molecule has 0 atom stereocenters. The smallest absolute Gasteiger partial charge is 0.161 e. The summed E-state index contributed by atoms with van der Waals surface area (Å²) in [7, 11) is -3.26. The van der Waals surface area contributed by atoms with Gasteiger partial charge in [0.25, 0.3) is 0 Å². The maximum atomic E-state index is 11.8. The molecule has 7 heteroatoms. The summed E-state index contributed by atoms with van der Waals surface area (Å²) in [5.74, 6) is 0.750. The lowest BCUT2D eigenvalue weighted by molar-refractivity contribution is 0.547. The Kier molecular flexibility index (Phi) is 4.55. The van der Waals surface area contributed by atoms with Crippen LogP contribution in [0.15, 0.2) is 11.1 Å². The van der Waals surface area contributed by atoms with Gasteiger partial charge in [-0.3, -0.25) is 5.10 Å². The largest absolute Gasteiger partial charge is 0.262 e. The molecule has 0 aliphatic rings. The summed E-state index contributed by atoms with van der Waals surface area (Å²) in [5, 5.41) is 6.70. The van der Waals surface area contributed by atoms with Crippen molar-refractivity contribution in [3.05, 3.63) is 22.8 Å². The highest BCUT2D eigenvalue weighted by atomic mass is 35.5. The molecule has 0 unspecified atom stereocenters. The summed E-state index contributed by atoms with van der Waals surface area (Å²) in [5.41, 5.74) is 1.68. The van der Waals surface area contributed by atoms with Crippen molar-refractivity contribution >= 4 is 21.4 Å². The molecule has 1 aromatic heterocycles. The Morgan fingerprint density at radius 2 is 2.06 bits per heavy atom. The second kappa shape index (κ2) is 5.40. The number of aromatic amines is 1. The van der Waals surface area contributed by atoms with Gasteiger partial charge >= 0.3 is 0 Å². The van der Waals surface area contributed by atoms with Gasteiger partial charge in [0.1, 0.15) is 11.6 Å². The van der Waals surface area contributed by atoms with Crippen LogP contribution < -0.4 is 0 Å². The van der Waals surface area contributed by atoms with E-state index in [1.165, 1.54) is 5.54 Å². The van der Waals surface area contributed by atoms with Crippen molar-refractivity contribution in [1.29, 1.82) is 0 Å². The molecule has 18 heavy (non-hydrogen) atoms. The van der Waals surface area contributed by atoms with Crippen LogP contribution in [0, 0.1) is 0 Å². The molecule has 102 valence electrons. The number of hydrogen-bond donors (Lipinski definition) is 1. The summed E-state index contributed by atoms with van der Waals surface area (Å²) in [6.07, 6.45) is 0. The minimum atomic E-state index is -3.26. The molecular formula is C11H18ClN3O2S. The van der Waals surface area contributed by atoms with Gasteiger partial charge in [-0.05, 0) is 12.5 Å². The number of halogens is 1. The Hall–Kier alpha value is -0.880. The lowest BCUT2D eigenvalue weighted by atomic mass is 9.96. The van der Waals surface area contributed by atoms with E-state index in [0.29, 0.717) is 17.2 Å². The molecule has 5 nitrogen and oxygen atoms in total. The van der Waals surface area contributed by atoms with E-state index in [4.69, 9.17) is 11.6 Å². The van der Waals surface area contributed by atoms with Gasteiger partial charge in [-0.25, -0.2) is 13.4 Å². The van der Waals surface area contributed by atoms with E-state index in [9.17, 15) is 8.42 Å². The van der Waals surface area contributed by atoms with E-state index >= 15 is 0 Å². The Bertz CT molecular complexity index is 541. The molecule has 0 amide bonds. The number of H-pyrrole nitrogens is 1. The molecule has 0 aliphatic heterocycles. The van der Waals surface area contributed by atoms with Crippen LogP contribution in [0.4, 0.5) is 0 Å². The summed E-state index contributed by atoms with van der Waals surface area (Å²) in [6, 6.07) is 0. The average Bonchev–Trinajstić information content (AvgIpc) is 2.63. The lowest BCUT2D eigenvalue weighted by Crippen LogP contribution is -2.14. The molecule has 0 aliphatic carbocycles. The second-order valence-electron chi connectivity index (χ2n) is 5.34. The standard InChI is InChI=1S/C11H18ClN3O2S/c1-8(5-12)6-18(16,17)7-9-13-10(15-14-9)11(2,3)4/h5H,6-7H2,1-4H3,(H,13,14,15). The molecule has 0 radical (unpaired) electrons. The van der Waals surface area contributed by atoms with Crippen LogP contribution in [0.25, 0.3) is 0 Å². The number of hydrogen-bond acceptors (Lipinski definition) is 4. The van der Waals surface area contributed by atoms with Crippen LogP contribution >= 0.6 is 11.6 Å². The minimum absolute atomic E-state index is 0.0674. The van der Waals surface area contributed by atoms with E-state index < -0.39 is 9.84 Å². The number of rotatable bonds is 4. The third-order valence-corrected chi connectivity index (χ3v) is 4.17. The summed E-state index contributed by atoms with van der Waals surface area (Å²) in [6.45, 7) is 7.57. The van der Waals surface area contributed by atoms with Crippen LogP contribution in [0.1, 0.15) is 39.3 Å². The first-order chi connectivity index (χ1) is 8.14. The van der Waals surface area contributed by atoms with Gasteiger partial charge in [0.2, 0.25) is 0 Å². The molecule has 0 aromatic carbocycles. The minimum Gasteiger partial charge on any atom is -0.262 e. The molecule has 0 saturated heterocycles. The SMILES string of the molecule is CC(=CCl)CS(=O)(=O)Cc1nc(C(C)(C)C)n[nH]1. The first-order valence-electron chi connectivity index (χ1n) is 5.52. The van der Waals surface area contributed by atoms with Crippen LogP contribution in [0.3, 0.4) is 0 Å². The lowest BCUT2D eigenvalue weighted by Gasteiger charge is -2.11. The topological polar surface area (TPSA) is 75.7 Å².